The Bertz CT molecular complexity index is 424. The molecule has 1 N–H and O–H groups in total. The first-order valence-corrected chi connectivity index (χ1v) is 8.11. The number of nitrogens with one attached hydrogen (secondary N) is 1. The molecule has 2 aliphatic rings. The zero-order valence-electron chi connectivity index (χ0n) is 10.1. The summed E-state index contributed by atoms with van der Waals surface area (Å²) < 4.78 is 1.21. The molecule has 1 aromatic carbocycles. The summed E-state index contributed by atoms with van der Waals surface area (Å²) in [5.74, 6) is 2.12. The van der Waals surface area contributed by atoms with E-state index in [0.29, 0.717) is 4.87 Å². The van der Waals surface area contributed by atoms with E-state index in [-0.39, 0.29) is 0 Å². The van der Waals surface area contributed by atoms with Crippen LogP contribution in [0.15, 0.2) is 22.7 Å². The molecule has 17 heavy (non-hydrogen) atoms. The van der Waals surface area contributed by atoms with Gasteiger partial charge in [0, 0.05) is 10.9 Å². The van der Waals surface area contributed by atoms with Crippen LogP contribution in [0.4, 0.5) is 0 Å². The van der Waals surface area contributed by atoms with Gasteiger partial charge >= 0.3 is 0 Å². The van der Waals surface area contributed by atoms with E-state index in [1.165, 1.54) is 47.2 Å². The van der Waals surface area contributed by atoms with Crippen LogP contribution in [0.1, 0.15) is 24.5 Å². The van der Waals surface area contributed by atoms with Crippen molar-refractivity contribution >= 4 is 27.7 Å². The molecule has 1 aliphatic heterocycles. The summed E-state index contributed by atoms with van der Waals surface area (Å²) in [6.45, 7) is 3.51. The Hall–Kier alpha value is 0.01000. The Balaban J connectivity index is 1.83. The average molecular weight is 312 g/mol. The van der Waals surface area contributed by atoms with Gasteiger partial charge in [0.25, 0.3) is 0 Å². The van der Waals surface area contributed by atoms with E-state index in [1.807, 2.05) is 0 Å². The monoisotopic (exact) mass is 311 g/mol. The van der Waals surface area contributed by atoms with Gasteiger partial charge in [0.15, 0.2) is 0 Å². The SMILES string of the molecule is CC1CNC2(CCc3cc(Br)ccc3C2)SC1. The summed E-state index contributed by atoms with van der Waals surface area (Å²) in [4.78, 5) is 0.327. The predicted molar refractivity (Wildman–Crippen MR) is 78.5 cm³/mol. The Morgan fingerprint density at radius 2 is 2.29 bits per heavy atom. The highest BCUT2D eigenvalue weighted by Crippen LogP contribution is 2.40. The zero-order chi connectivity index (χ0) is 11.9. The van der Waals surface area contributed by atoms with Crippen molar-refractivity contribution in [3.8, 4) is 0 Å². The maximum absolute atomic E-state index is 3.79. The fourth-order valence-electron chi connectivity index (χ4n) is 2.78. The van der Waals surface area contributed by atoms with E-state index in [2.05, 4.69) is 58.1 Å². The third-order valence-corrected chi connectivity index (χ3v) is 6.13. The molecule has 2 atom stereocenters. The summed E-state index contributed by atoms with van der Waals surface area (Å²) >= 11 is 5.70. The Morgan fingerprint density at radius 1 is 1.41 bits per heavy atom. The molecule has 1 nitrogen and oxygen atoms in total. The van der Waals surface area contributed by atoms with Crippen molar-refractivity contribution in [3.63, 3.8) is 0 Å². The molecule has 1 saturated heterocycles. The second kappa shape index (κ2) is 4.60. The molecule has 0 aromatic heterocycles. The van der Waals surface area contributed by atoms with Crippen molar-refractivity contribution in [2.75, 3.05) is 12.3 Å². The topological polar surface area (TPSA) is 12.0 Å². The highest BCUT2D eigenvalue weighted by molar-refractivity contribution is 9.10. The number of halogens is 1. The largest absolute Gasteiger partial charge is 0.302 e. The molecule has 1 spiro atoms. The minimum atomic E-state index is 0.327. The average Bonchev–Trinajstić information content (AvgIpc) is 2.34. The van der Waals surface area contributed by atoms with Crippen LogP contribution in [0.5, 0.6) is 0 Å². The van der Waals surface area contributed by atoms with Gasteiger partial charge in [0.2, 0.25) is 0 Å². The zero-order valence-corrected chi connectivity index (χ0v) is 12.5. The molecular formula is C14H18BrNS. The molecular weight excluding hydrogens is 294 g/mol. The van der Waals surface area contributed by atoms with Crippen LogP contribution >= 0.6 is 27.7 Å². The minimum Gasteiger partial charge on any atom is -0.302 e. The van der Waals surface area contributed by atoms with Gasteiger partial charge in [-0.3, -0.25) is 0 Å². The minimum absolute atomic E-state index is 0.327. The molecule has 0 saturated carbocycles. The lowest BCUT2D eigenvalue weighted by molar-refractivity contribution is 0.372. The second-order valence-electron chi connectivity index (χ2n) is 5.38. The Kier molecular flexibility index (Phi) is 3.26. The van der Waals surface area contributed by atoms with E-state index in [0.717, 1.165) is 5.92 Å². The van der Waals surface area contributed by atoms with Crippen LogP contribution in [0.3, 0.4) is 0 Å². The molecule has 92 valence electrons. The summed E-state index contributed by atoms with van der Waals surface area (Å²) in [5, 5.41) is 3.79. The first-order chi connectivity index (χ1) is 8.17. The van der Waals surface area contributed by atoms with Crippen molar-refractivity contribution < 1.29 is 0 Å². The van der Waals surface area contributed by atoms with Crippen LogP contribution in [-0.4, -0.2) is 17.2 Å². The van der Waals surface area contributed by atoms with Gasteiger partial charge in [0.1, 0.15) is 0 Å². The normalized spacial score (nSPS) is 32.5. The standard InChI is InChI=1S/C14H18BrNS/c1-10-8-16-14(17-9-10)5-4-11-6-13(15)3-2-12(11)7-14/h2-3,6,10,16H,4-5,7-9H2,1H3. The molecule has 3 rings (SSSR count). The third-order valence-electron chi connectivity index (χ3n) is 3.86. The second-order valence-corrected chi connectivity index (χ2v) is 7.70. The Labute approximate surface area is 116 Å². The van der Waals surface area contributed by atoms with Crippen LogP contribution in [0.25, 0.3) is 0 Å². The first kappa shape index (κ1) is 12.1. The molecule has 1 aromatic rings. The molecule has 0 amide bonds. The predicted octanol–water partition coefficient (Wildman–Crippen LogP) is 3.61. The Morgan fingerprint density at radius 3 is 3.06 bits per heavy atom. The lowest BCUT2D eigenvalue weighted by Gasteiger charge is -2.43. The number of fused-ring (bicyclic) bond motifs is 1. The van der Waals surface area contributed by atoms with Crippen LogP contribution in [-0.2, 0) is 12.8 Å². The first-order valence-electron chi connectivity index (χ1n) is 6.33. The smallest absolute Gasteiger partial charge is 0.0689 e. The molecule has 0 radical (unpaired) electrons. The van der Waals surface area contributed by atoms with Crippen LogP contribution < -0.4 is 5.32 Å². The number of benzene rings is 1. The number of rotatable bonds is 0. The highest BCUT2D eigenvalue weighted by Gasteiger charge is 2.37. The molecule has 1 fully saturated rings. The lowest BCUT2D eigenvalue weighted by Crippen LogP contribution is -2.52. The highest BCUT2D eigenvalue weighted by atomic mass is 79.9. The van der Waals surface area contributed by atoms with Gasteiger partial charge in [-0.15, -0.1) is 11.8 Å². The van der Waals surface area contributed by atoms with Crippen LogP contribution in [0.2, 0.25) is 0 Å². The summed E-state index contributed by atoms with van der Waals surface area (Å²) in [6, 6.07) is 6.76. The van der Waals surface area contributed by atoms with Crippen molar-refractivity contribution in [2.24, 2.45) is 5.92 Å². The van der Waals surface area contributed by atoms with Gasteiger partial charge in [-0.25, -0.2) is 0 Å². The van der Waals surface area contributed by atoms with Gasteiger partial charge < -0.3 is 5.32 Å². The number of aryl methyl sites for hydroxylation is 1. The molecule has 1 aliphatic carbocycles. The molecule has 2 unspecified atom stereocenters. The van der Waals surface area contributed by atoms with E-state index < -0.39 is 0 Å². The van der Waals surface area contributed by atoms with E-state index in [4.69, 9.17) is 0 Å². The summed E-state index contributed by atoms with van der Waals surface area (Å²) in [6.07, 6.45) is 3.67. The van der Waals surface area contributed by atoms with Gasteiger partial charge in [-0.1, -0.05) is 28.9 Å². The van der Waals surface area contributed by atoms with Crippen LogP contribution in [0, 0.1) is 5.92 Å². The number of thioether (sulfide) groups is 1. The van der Waals surface area contributed by atoms with E-state index in [1.54, 1.807) is 0 Å². The molecule has 0 bridgehead atoms. The summed E-state index contributed by atoms with van der Waals surface area (Å²) in [7, 11) is 0. The van der Waals surface area contributed by atoms with Crippen molar-refractivity contribution in [3.05, 3.63) is 33.8 Å². The van der Waals surface area contributed by atoms with E-state index in [9.17, 15) is 0 Å². The summed E-state index contributed by atoms with van der Waals surface area (Å²) in [5.41, 5.74) is 3.07. The van der Waals surface area contributed by atoms with Crippen molar-refractivity contribution in [1.29, 1.82) is 0 Å². The maximum atomic E-state index is 3.79. The van der Waals surface area contributed by atoms with Gasteiger partial charge in [0.05, 0.1) is 4.87 Å². The van der Waals surface area contributed by atoms with Gasteiger partial charge in [-0.2, -0.15) is 0 Å². The van der Waals surface area contributed by atoms with Gasteiger partial charge in [-0.05, 0) is 54.3 Å². The van der Waals surface area contributed by atoms with E-state index >= 15 is 0 Å². The fraction of sp³-hybridized carbons (Fsp3) is 0.571. The quantitative estimate of drug-likeness (QED) is 0.785. The number of hydrogen-bond donors (Lipinski definition) is 1. The molecule has 3 heteroatoms. The van der Waals surface area contributed by atoms with Crippen molar-refractivity contribution in [1.82, 2.24) is 5.32 Å². The van der Waals surface area contributed by atoms with Crippen molar-refractivity contribution in [2.45, 2.75) is 31.1 Å². The third kappa shape index (κ3) is 2.42. The molecule has 1 heterocycles. The lowest BCUT2D eigenvalue weighted by atomic mass is 9.87. The maximum Gasteiger partial charge on any atom is 0.0689 e. The fourth-order valence-corrected chi connectivity index (χ4v) is 4.60. The number of hydrogen-bond acceptors (Lipinski definition) is 2.